The molecule has 2 aromatic carbocycles. The fourth-order valence-electron chi connectivity index (χ4n) is 5.68. The largest absolute Gasteiger partial charge is 0.357 e. The average Bonchev–Trinajstić information content (AvgIpc) is 3.22. The van der Waals surface area contributed by atoms with Gasteiger partial charge in [0.25, 0.3) is 0 Å². The lowest BCUT2D eigenvalue weighted by atomic mass is 9.86. The molecule has 168 valence electrons. The van der Waals surface area contributed by atoms with Crippen LogP contribution in [-0.2, 0) is 17.6 Å². The van der Waals surface area contributed by atoms with Gasteiger partial charge in [0, 0.05) is 23.1 Å². The maximum atomic E-state index is 13.0. The molecule has 1 amide bonds. The molecule has 2 heterocycles. The summed E-state index contributed by atoms with van der Waals surface area (Å²) < 4.78 is 0. The van der Waals surface area contributed by atoms with Crippen molar-refractivity contribution in [3.63, 3.8) is 0 Å². The number of carbonyl (C=O) groups is 1. The highest BCUT2D eigenvalue weighted by Crippen LogP contribution is 2.36. The Morgan fingerprint density at radius 3 is 2.62 bits per heavy atom. The minimum atomic E-state index is -0.0279. The molecule has 0 radical (unpaired) electrons. The Morgan fingerprint density at radius 1 is 1.00 bits per heavy atom. The lowest BCUT2D eigenvalue weighted by Crippen LogP contribution is -2.37. The van der Waals surface area contributed by atoms with E-state index in [2.05, 4.69) is 69.8 Å². The topological polar surface area (TPSA) is 48.1 Å². The van der Waals surface area contributed by atoms with Crippen LogP contribution in [0.15, 0.2) is 54.6 Å². The number of rotatable bonds is 7. The quantitative estimate of drug-likeness (QED) is 0.517. The SMILES string of the molecule is O=C(NCCCN1CCC(Cc2ccccc2)CC1)[C@H]1CCCc2c1[nH]c1ccccc21. The van der Waals surface area contributed by atoms with E-state index in [1.807, 2.05) is 0 Å². The van der Waals surface area contributed by atoms with Gasteiger partial charge >= 0.3 is 0 Å². The van der Waals surface area contributed by atoms with Gasteiger partial charge in [-0.1, -0.05) is 48.5 Å². The minimum absolute atomic E-state index is 0.0279. The van der Waals surface area contributed by atoms with E-state index in [-0.39, 0.29) is 11.8 Å². The maximum absolute atomic E-state index is 13.0. The van der Waals surface area contributed by atoms with Crippen LogP contribution in [0, 0.1) is 5.92 Å². The zero-order valence-corrected chi connectivity index (χ0v) is 19.0. The van der Waals surface area contributed by atoms with Gasteiger partial charge in [0.1, 0.15) is 0 Å². The third-order valence-electron chi connectivity index (χ3n) is 7.46. The number of aromatic amines is 1. The number of para-hydroxylation sites is 1. The van der Waals surface area contributed by atoms with Gasteiger partial charge in [0.2, 0.25) is 5.91 Å². The first-order valence-electron chi connectivity index (χ1n) is 12.4. The van der Waals surface area contributed by atoms with Crippen LogP contribution in [-0.4, -0.2) is 42.0 Å². The van der Waals surface area contributed by atoms with Crippen molar-refractivity contribution in [2.45, 2.75) is 50.9 Å². The van der Waals surface area contributed by atoms with Crippen molar-refractivity contribution >= 4 is 16.8 Å². The number of hydrogen-bond acceptors (Lipinski definition) is 2. The normalized spacial score (nSPS) is 19.7. The summed E-state index contributed by atoms with van der Waals surface area (Å²) in [5.41, 5.74) is 5.13. The van der Waals surface area contributed by atoms with Gasteiger partial charge in [0.05, 0.1) is 5.92 Å². The summed E-state index contributed by atoms with van der Waals surface area (Å²) >= 11 is 0. The zero-order valence-electron chi connectivity index (χ0n) is 19.0. The van der Waals surface area contributed by atoms with E-state index in [1.54, 1.807) is 0 Å². The first kappa shape index (κ1) is 21.3. The fourth-order valence-corrected chi connectivity index (χ4v) is 5.68. The van der Waals surface area contributed by atoms with Gasteiger partial charge in [0.15, 0.2) is 0 Å². The molecule has 0 bridgehead atoms. The van der Waals surface area contributed by atoms with Crippen LogP contribution in [0.5, 0.6) is 0 Å². The standard InChI is InChI=1S/C28H35N3O/c32-28(25-12-6-11-24-23-10-4-5-13-26(23)30-27(24)25)29-16-7-17-31-18-14-22(15-19-31)20-21-8-2-1-3-9-21/h1-5,8-10,13,22,25,30H,6-7,11-12,14-20H2,(H,29,32)/t25-/m0/s1. The number of likely N-dealkylation sites (tertiary alicyclic amines) is 1. The zero-order chi connectivity index (χ0) is 21.8. The number of fused-ring (bicyclic) bond motifs is 3. The third-order valence-corrected chi connectivity index (χ3v) is 7.46. The van der Waals surface area contributed by atoms with Gasteiger partial charge in [-0.2, -0.15) is 0 Å². The molecule has 1 aromatic heterocycles. The number of carbonyl (C=O) groups excluding carboxylic acids is 1. The summed E-state index contributed by atoms with van der Waals surface area (Å²) in [5, 5.41) is 4.52. The fraction of sp³-hybridized carbons (Fsp3) is 0.464. The highest BCUT2D eigenvalue weighted by molar-refractivity contribution is 5.90. The number of nitrogens with zero attached hydrogens (tertiary/aromatic N) is 1. The summed E-state index contributed by atoms with van der Waals surface area (Å²) in [6.45, 7) is 4.23. The lowest BCUT2D eigenvalue weighted by Gasteiger charge is -2.32. The van der Waals surface area contributed by atoms with E-state index >= 15 is 0 Å². The van der Waals surface area contributed by atoms with Crippen LogP contribution >= 0.6 is 0 Å². The monoisotopic (exact) mass is 429 g/mol. The van der Waals surface area contributed by atoms with Crippen molar-refractivity contribution in [3.8, 4) is 0 Å². The van der Waals surface area contributed by atoms with Crippen LogP contribution in [0.2, 0.25) is 0 Å². The van der Waals surface area contributed by atoms with Gasteiger partial charge < -0.3 is 15.2 Å². The first-order valence-corrected chi connectivity index (χ1v) is 12.4. The van der Waals surface area contributed by atoms with E-state index in [1.165, 1.54) is 48.9 Å². The summed E-state index contributed by atoms with van der Waals surface area (Å²) in [4.78, 5) is 19.1. The molecule has 5 rings (SSSR count). The molecule has 0 saturated carbocycles. The minimum Gasteiger partial charge on any atom is -0.357 e. The number of aromatic nitrogens is 1. The van der Waals surface area contributed by atoms with Crippen LogP contribution < -0.4 is 5.32 Å². The summed E-state index contributed by atoms with van der Waals surface area (Å²) in [6.07, 6.45) is 7.91. The van der Waals surface area contributed by atoms with E-state index in [9.17, 15) is 4.79 Å². The molecule has 0 spiro atoms. The summed E-state index contributed by atoms with van der Waals surface area (Å²) in [5.74, 6) is 0.976. The third kappa shape index (κ3) is 4.75. The second kappa shape index (κ2) is 9.91. The molecule has 32 heavy (non-hydrogen) atoms. The van der Waals surface area contributed by atoms with Gasteiger partial charge in [-0.05, 0) is 87.7 Å². The Bertz CT molecular complexity index is 1030. The van der Waals surface area contributed by atoms with E-state index in [0.29, 0.717) is 0 Å². The highest BCUT2D eigenvalue weighted by Gasteiger charge is 2.29. The second-order valence-corrected chi connectivity index (χ2v) is 9.63. The van der Waals surface area contributed by atoms with E-state index in [0.717, 1.165) is 55.9 Å². The van der Waals surface area contributed by atoms with Crippen molar-refractivity contribution in [2.24, 2.45) is 5.92 Å². The van der Waals surface area contributed by atoms with Crippen LogP contribution in [0.3, 0.4) is 0 Å². The molecule has 1 fully saturated rings. The Kier molecular flexibility index (Phi) is 6.59. The predicted molar refractivity (Wildman–Crippen MR) is 131 cm³/mol. The highest BCUT2D eigenvalue weighted by atomic mass is 16.1. The molecule has 1 aliphatic carbocycles. The lowest BCUT2D eigenvalue weighted by molar-refractivity contribution is -0.122. The molecule has 2 N–H and O–H groups in total. The first-order chi connectivity index (χ1) is 15.8. The van der Waals surface area contributed by atoms with Crippen molar-refractivity contribution < 1.29 is 4.79 Å². The number of hydrogen-bond donors (Lipinski definition) is 2. The molecule has 1 saturated heterocycles. The Hall–Kier alpha value is -2.59. The van der Waals surface area contributed by atoms with Crippen molar-refractivity contribution in [2.75, 3.05) is 26.2 Å². The number of nitrogens with one attached hydrogen (secondary N) is 2. The number of H-pyrrole nitrogens is 1. The number of amides is 1. The molecular formula is C28H35N3O. The van der Waals surface area contributed by atoms with Gasteiger partial charge in [-0.25, -0.2) is 0 Å². The van der Waals surface area contributed by atoms with Gasteiger partial charge in [-0.15, -0.1) is 0 Å². The molecule has 1 aliphatic heterocycles. The molecule has 0 unspecified atom stereocenters. The summed E-state index contributed by atoms with van der Waals surface area (Å²) in [6, 6.07) is 19.3. The van der Waals surface area contributed by atoms with Crippen LogP contribution in [0.1, 0.15) is 54.8 Å². The average molecular weight is 430 g/mol. The predicted octanol–water partition coefficient (Wildman–Crippen LogP) is 5.05. The van der Waals surface area contributed by atoms with Gasteiger partial charge in [-0.3, -0.25) is 4.79 Å². The molecule has 2 aliphatic rings. The van der Waals surface area contributed by atoms with Crippen molar-refractivity contribution in [1.29, 1.82) is 0 Å². The molecule has 3 aromatic rings. The Morgan fingerprint density at radius 2 is 1.78 bits per heavy atom. The smallest absolute Gasteiger partial charge is 0.229 e. The summed E-state index contributed by atoms with van der Waals surface area (Å²) in [7, 11) is 0. The Labute approximate surface area is 191 Å². The molecular weight excluding hydrogens is 394 g/mol. The molecule has 4 nitrogen and oxygen atoms in total. The van der Waals surface area contributed by atoms with Crippen molar-refractivity contribution in [3.05, 3.63) is 71.4 Å². The van der Waals surface area contributed by atoms with E-state index < -0.39 is 0 Å². The number of benzene rings is 2. The number of piperidine rings is 1. The Balaban J connectivity index is 1.06. The van der Waals surface area contributed by atoms with E-state index in [4.69, 9.17) is 0 Å². The number of aryl methyl sites for hydroxylation is 1. The van der Waals surface area contributed by atoms with Crippen LogP contribution in [0.4, 0.5) is 0 Å². The maximum Gasteiger partial charge on any atom is 0.229 e. The van der Waals surface area contributed by atoms with Crippen molar-refractivity contribution in [1.82, 2.24) is 15.2 Å². The molecule has 4 heteroatoms. The van der Waals surface area contributed by atoms with Crippen LogP contribution in [0.25, 0.3) is 10.9 Å². The molecule has 1 atom stereocenters. The second-order valence-electron chi connectivity index (χ2n) is 9.63.